The van der Waals surface area contributed by atoms with Gasteiger partial charge in [0.15, 0.2) is 5.82 Å². The molecule has 0 unspecified atom stereocenters. The van der Waals surface area contributed by atoms with Crippen molar-refractivity contribution < 1.29 is 41.0 Å². The number of benzene rings is 1. The maximum absolute atomic E-state index is 14.4. The topological polar surface area (TPSA) is 132 Å². The number of hydrogen-bond donors (Lipinski definition) is 1. The zero-order chi connectivity index (χ0) is 21.2. The highest BCUT2D eigenvalue weighted by Gasteiger charge is 2.35. The van der Waals surface area contributed by atoms with Gasteiger partial charge in [-0.1, -0.05) is 0 Å². The summed E-state index contributed by atoms with van der Waals surface area (Å²) in [6.07, 6.45) is 0. The van der Waals surface area contributed by atoms with Gasteiger partial charge >= 0.3 is 17.8 Å². The van der Waals surface area contributed by atoms with Gasteiger partial charge in [0.1, 0.15) is 5.75 Å². The second-order valence-electron chi connectivity index (χ2n) is 5.06. The fourth-order valence-corrected chi connectivity index (χ4v) is 2.75. The number of ketones is 1. The van der Waals surface area contributed by atoms with Crippen molar-refractivity contribution in [1.82, 2.24) is 15.0 Å². The van der Waals surface area contributed by atoms with Crippen LogP contribution in [0.1, 0.15) is 16.2 Å². The SMILES string of the molecule is COc1nc(OC)nc(C(=O)c2cc(O)cc(F)c2N(C)S(=O)(=O)C(F)F)n1. The molecular formula is C14H13F3N4O6S. The minimum Gasteiger partial charge on any atom is -0.508 e. The van der Waals surface area contributed by atoms with E-state index in [1.165, 1.54) is 14.2 Å². The number of nitrogens with zero attached hydrogens (tertiary/aromatic N) is 4. The highest BCUT2D eigenvalue weighted by molar-refractivity contribution is 7.93. The number of halogens is 3. The maximum Gasteiger partial charge on any atom is 0.355 e. The summed E-state index contributed by atoms with van der Waals surface area (Å²) in [6.45, 7) is 0. The fraction of sp³-hybridized carbons (Fsp3) is 0.286. The molecule has 0 saturated heterocycles. The Morgan fingerprint density at radius 2 is 1.68 bits per heavy atom. The third kappa shape index (κ3) is 3.90. The Balaban J connectivity index is 2.71. The van der Waals surface area contributed by atoms with Crippen LogP contribution in [-0.2, 0) is 10.0 Å². The number of carbonyl (C=O) groups is 1. The average molecular weight is 422 g/mol. The molecular weight excluding hydrogens is 409 g/mol. The van der Waals surface area contributed by atoms with Crippen LogP contribution in [0.5, 0.6) is 17.8 Å². The lowest BCUT2D eigenvalue weighted by Crippen LogP contribution is -2.33. The number of aromatic nitrogens is 3. The predicted octanol–water partition coefficient (Wildman–Crippen LogP) is 0.953. The molecule has 0 aliphatic rings. The first-order valence-electron chi connectivity index (χ1n) is 7.20. The van der Waals surface area contributed by atoms with E-state index in [0.717, 1.165) is 0 Å². The van der Waals surface area contributed by atoms with Gasteiger partial charge in [0, 0.05) is 13.1 Å². The van der Waals surface area contributed by atoms with E-state index in [1.807, 2.05) is 0 Å². The molecule has 14 heteroatoms. The Labute approximate surface area is 156 Å². The molecule has 10 nitrogen and oxygen atoms in total. The maximum atomic E-state index is 14.4. The predicted molar refractivity (Wildman–Crippen MR) is 87.8 cm³/mol. The smallest absolute Gasteiger partial charge is 0.355 e. The van der Waals surface area contributed by atoms with E-state index in [9.17, 15) is 31.5 Å². The van der Waals surface area contributed by atoms with Crippen molar-refractivity contribution in [1.29, 1.82) is 0 Å². The monoisotopic (exact) mass is 422 g/mol. The van der Waals surface area contributed by atoms with Crippen LogP contribution >= 0.6 is 0 Å². The summed E-state index contributed by atoms with van der Waals surface area (Å²) in [5.41, 5.74) is -1.82. The van der Waals surface area contributed by atoms with Crippen molar-refractivity contribution in [3.63, 3.8) is 0 Å². The van der Waals surface area contributed by atoms with Crippen LogP contribution in [0.25, 0.3) is 0 Å². The van der Waals surface area contributed by atoms with Gasteiger partial charge in [-0.3, -0.25) is 9.10 Å². The first-order valence-corrected chi connectivity index (χ1v) is 8.70. The van der Waals surface area contributed by atoms with Crippen LogP contribution in [0, 0.1) is 5.82 Å². The van der Waals surface area contributed by atoms with Crippen molar-refractivity contribution in [2.24, 2.45) is 0 Å². The number of carbonyl (C=O) groups excluding carboxylic acids is 1. The van der Waals surface area contributed by atoms with Gasteiger partial charge in [0.25, 0.3) is 10.0 Å². The van der Waals surface area contributed by atoms with Crippen molar-refractivity contribution >= 4 is 21.5 Å². The van der Waals surface area contributed by atoms with Crippen LogP contribution in [0.15, 0.2) is 12.1 Å². The molecule has 0 spiro atoms. The van der Waals surface area contributed by atoms with Gasteiger partial charge < -0.3 is 14.6 Å². The molecule has 0 bridgehead atoms. The van der Waals surface area contributed by atoms with E-state index in [2.05, 4.69) is 15.0 Å². The van der Waals surface area contributed by atoms with Gasteiger partial charge in [-0.25, -0.2) is 12.8 Å². The fourth-order valence-electron chi connectivity index (χ4n) is 2.07. The van der Waals surface area contributed by atoms with Gasteiger partial charge in [-0.2, -0.15) is 18.7 Å². The van der Waals surface area contributed by atoms with Gasteiger partial charge in [0.2, 0.25) is 11.6 Å². The molecule has 28 heavy (non-hydrogen) atoms. The molecule has 1 aromatic heterocycles. The lowest BCUT2D eigenvalue weighted by molar-refractivity contribution is 0.102. The Bertz CT molecular complexity index is 996. The molecule has 152 valence electrons. The van der Waals surface area contributed by atoms with Gasteiger partial charge in [-0.15, -0.1) is 4.98 Å². The molecule has 1 heterocycles. The average Bonchev–Trinajstić information content (AvgIpc) is 2.65. The Morgan fingerprint density at radius 1 is 1.14 bits per heavy atom. The van der Waals surface area contributed by atoms with E-state index in [0.29, 0.717) is 19.2 Å². The van der Waals surface area contributed by atoms with Crippen molar-refractivity contribution in [3.8, 4) is 17.8 Å². The van der Waals surface area contributed by atoms with E-state index in [4.69, 9.17) is 9.47 Å². The lowest BCUT2D eigenvalue weighted by Gasteiger charge is -2.22. The molecule has 0 amide bonds. The van der Waals surface area contributed by atoms with E-state index in [1.54, 1.807) is 0 Å². The lowest BCUT2D eigenvalue weighted by atomic mass is 10.1. The molecule has 1 aromatic carbocycles. The minimum atomic E-state index is -5.31. The Morgan fingerprint density at radius 3 is 2.14 bits per heavy atom. The minimum absolute atomic E-state index is 0.102. The van der Waals surface area contributed by atoms with Crippen molar-refractivity contribution in [2.75, 3.05) is 25.6 Å². The molecule has 2 aromatic rings. The molecule has 0 aliphatic heterocycles. The standard InChI is InChI=1S/C14H13F3N4O6S/c1-21(28(24,25)12(16)17)9-7(4-6(22)5-8(9)15)10(23)11-18-13(26-2)20-14(19-11)27-3/h4-5,12,22H,1-3H3. The number of aromatic hydroxyl groups is 1. The van der Waals surface area contributed by atoms with Crippen LogP contribution < -0.4 is 13.8 Å². The van der Waals surface area contributed by atoms with Crippen LogP contribution in [0.3, 0.4) is 0 Å². The summed E-state index contributed by atoms with van der Waals surface area (Å²) in [4.78, 5) is 23.7. The van der Waals surface area contributed by atoms with Gasteiger partial charge in [0.05, 0.1) is 25.5 Å². The Hall–Kier alpha value is -3.16. The number of hydrogen-bond acceptors (Lipinski definition) is 9. The van der Waals surface area contributed by atoms with E-state index >= 15 is 0 Å². The summed E-state index contributed by atoms with van der Waals surface area (Å²) in [5.74, 6) is -7.97. The second kappa shape index (κ2) is 7.84. The molecule has 0 atom stereocenters. The number of alkyl halides is 2. The first-order chi connectivity index (χ1) is 13.0. The van der Waals surface area contributed by atoms with E-state index < -0.39 is 50.2 Å². The third-order valence-electron chi connectivity index (χ3n) is 3.38. The molecule has 0 aliphatic carbocycles. The summed E-state index contributed by atoms with van der Waals surface area (Å²) in [5, 5.41) is 9.60. The highest BCUT2D eigenvalue weighted by atomic mass is 32.2. The summed E-state index contributed by atoms with van der Waals surface area (Å²) < 4.78 is 73.0. The van der Waals surface area contributed by atoms with Crippen molar-refractivity contribution in [2.45, 2.75) is 5.76 Å². The number of methoxy groups -OCH3 is 2. The zero-order valence-corrected chi connectivity index (χ0v) is 15.4. The molecule has 2 rings (SSSR count). The molecule has 0 saturated carbocycles. The normalized spacial score (nSPS) is 11.4. The van der Waals surface area contributed by atoms with Gasteiger partial charge in [-0.05, 0) is 6.07 Å². The second-order valence-corrected chi connectivity index (χ2v) is 6.99. The number of rotatable bonds is 7. The van der Waals surface area contributed by atoms with Crippen LogP contribution in [-0.4, -0.2) is 61.3 Å². The number of ether oxygens (including phenoxy) is 2. The van der Waals surface area contributed by atoms with Crippen LogP contribution in [0.2, 0.25) is 0 Å². The summed E-state index contributed by atoms with van der Waals surface area (Å²) >= 11 is 0. The Kier molecular flexibility index (Phi) is 5.92. The van der Waals surface area contributed by atoms with E-state index in [-0.39, 0.29) is 16.3 Å². The molecule has 1 N–H and O–H groups in total. The van der Waals surface area contributed by atoms with Crippen molar-refractivity contribution in [3.05, 3.63) is 29.3 Å². The molecule has 0 fully saturated rings. The summed E-state index contributed by atoms with van der Waals surface area (Å²) in [6, 6.07) is 0.427. The number of sulfonamides is 1. The quantitative estimate of drug-likeness (QED) is 0.648. The third-order valence-corrected chi connectivity index (χ3v) is 4.77. The number of phenolic OH excluding ortho intramolecular Hbond substituents is 1. The number of phenols is 1. The zero-order valence-electron chi connectivity index (χ0n) is 14.6. The molecule has 0 radical (unpaired) electrons. The highest BCUT2D eigenvalue weighted by Crippen LogP contribution is 2.32. The largest absolute Gasteiger partial charge is 0.508 e. The summed E-state index contributed by atoms with van der Waals surface area (Å²) in [7, 11) is -2.33. The van der Waals surface area contributed by atoms with Crippen LogP contribution in [0.4, 0.5) is 18.9 Å². The number of anilines is 1. The first kappa shape index (κ1) is 21.1.